The highest BCUT2D eigenvalue weighted by Crippen LogP contribution is 2.20. The first kappa shape index (κ1) is 27.7. The van der Waals surface area contributed by atoms with Crippen molar-refractivity contribution in [1.29, 1.82) is 0 Å². The van der Waals surface area contributed by atoms with Crippen LogP contribution >= 0.6 is 0 Å². The molecule has 3 rings (SSSR count). The molecule has 2 atom stereocenters. The van der Waals surface area contributed by atoms with Crippen molar-refractivity contribution >= 4 is 34.3 Å². The summed E-state index contributed by atoms with van der Waals surface area (Å²) in [6, 6.07) is 17.5. The van der Waals surface area contributed by atoms with Crippen molar-refractivity contribution in [1.82, 2.24) is 15.2 Å². The van der Waals surface area contributed by atoms with Gasteiger partial charge in [-0.15, -0.1) is 0 Å². The maximum absolute atomic E-state index is 13.5. The molecule has 0 aliphatic carbocycles. The summed E-state index contributed by atoms with van der Waals surface area (Å²) in [5.41, 5.74) is 18.0. The monoisotopic (exact) mass is 505 g/mol. The van der Waals surface area contributed by atoms with Crippen LogP contribution in [-0.2, 0) is 20.8 Å². The van der Waals surface area contributed by atoms with Crippen LogP contribution in [0.4, 0.5) is 5.69 Å². The lowest BCUT2D eigenvalue weighted by Crippen LogP contribution is -2.60. The zero-order chi connectivity index (χ0) is 26.8. The van der Waals surface area contributed by atoms with Gasteiger partial charge in [0.1, 0.15) is 5.54 Å². The Kier molecular flexibility index (Phi) is 9.67. The number of amides is 3. The van der Waals surface area contributed by atoms with Gasteiger partial charge in [0.25, 0.3) is 0 Å². The summed E-state index contributed by atoms with van der Waals surface area (Å²) in [4.78, 5) is 45.2. The average molecular weight is 506 g/mol. The fourth-order valence-corrected chi connectivity index (χ4v) is 4.04. The predicted molar refractivity (Wildman–Crippen MR) is 144 cm³/mol. The minimum Gasteiger partial charge on any atom is -0.340 e. The maximum Gasteiger partial charge on any atom is 0.250 e. The summed E-state index contributed by atoms with van der Waals surface area (Å²) < 4.78 is 0. The number of carbonyl (C=O) groups excluding carboxylic acids is 3. The molecule has 0 saturated heterocycles. The first-order chi connectivity index (χ1) is 17.8. The lowest BCUT2D eigenvalue weighted by atomic mass is 9.91. The number of para-hydroxylation sites is 1. The number of fused-ring (bicyclic) bond motifs is 1. The molecule has 37 heavy (non-hydrogen) atoms. The second-order valence-corrected chi connectivity index (χ2v) is 9.12. The molecule has 8 N–H and O–H groups in total. The van der Waals surface area contributed by atoms with E-state index >= 15 is 0 Å². The summed E-state index contributed by atoms with van der Waals surface area (Å²) in [6.07, 6.45) is 1.54. The molecule has 0 saturated carbocycles. The Morgan fingerprint density at radius 1 is 1.00 bits per heavy atom. The summed E-state index contributed by atoms with van der Waals surface area (Å²) in [6.45, 7) is 2.81. The van der Waals surface area contributed by atoms with E-state index < -0.39 is 23.4 Å². The van der Waals surface area contributed by atoms with E-state index in [0.717, 1.165) is 16.5 Å². The normalized spacial score (nSPS) is 13.4. The summed E-state index contributed by atoms with van der Waals surface area (Å²) in [5.74, 6) is -1.37. The molecule has 10 nitrogen and oxygen atoms in total. The second kappa shape index (κ2) is 12.9. The Balaban J connectivity index is 1.78. The molecule has 1 heterocycles. The van der Waals surface area contributed by atoms with E-state index in [1.165, 1.54) is 4.90 Å². The third kappa shape index (κ3) is 7.56. The molecule has 1 aromatic heterocycles. The molecule has 1 unspecified atom stereocenters. The Bertz CT molecular complexity index is 1210. The van der Waals surface area contributed by atoms with Crippen molar-refractivity contribution < 1.29 is 14.4 Å². The highest BCUT2D eigenvalue weighted by Gasteiger charge is 2.37. The number of nitrogens with zero attached hydrogens (tertiary/aromatic N) is 2. The Hall–Kier alpha value is -3.86. The van der Waals surface area contributed by atoms with Crippen LogP contribution < -0.4 is 27.8 Å². The number of hydrogen-bond donors (Lipinski definition) is 5. The van der Waals surface area contributed by atoms with E-state index in [-0.39, 0.29) is 31.8 Å². The van der Waals surface area contributed by atoms with Crippen molar-refractivity contribution in [3.63, 3.8) is 0 Å². The van der Waals surface area contributed by atoms with Gasteiger partial charge in [0.05, 0.1) is 29.9 Å². The van der Waals surface area contributed by atoms with Crippen LogP contribution in [0.15, 0.2) is 66.9 Å². The van der Waals surface area contributed by atoms with Crippen molar-refractivity contribution in [2.45, 2.75) is 31.3 Å². The number of benzene rings is 2. The zero-order valence-electron chi connectivity index (χ0n) is 21.0. The molecule has 3 amide bonds. The highest BCUT2D eigenvalue weighted by molar-refractivity contribution is 6.02. The van der Waals surface area contributed by atoms with Gasteiger partial charge in [0.15, 0.2) is 0 Å². The predicted octanol–water partition coefficient (Wildman–Crippen LogP) is 0.754. The quantitative estimate of drug-likeness (QED) is 0.242. The van der Waals surface area contributed by atoms with Gasteiger partial charge in [-0.3, -0.25) is 19.4 Å². The van der Waals surface area contributed by atoms with Gasteiger partial charge in [-0.25, -0.2) is 0 Å². The van der Waals surface area contributed by atoms with E-state index in [0.29, 0.717) is 18.8 Å². The topological polar surface area (TPSA) is 169 Å². The van der Waals surface area contributed by atoms with E-state index in [1.54, 1.807) is 13.1 Å². The van der Waals surface area contributed by atoms with Crippen LogP contribution in [0.2, 0.25) is 0 Å². The van der Waals surface area contributed by atoms with Crippen LogP contribution in [0, 0.1) is 0 Å². The molecule has 0 radical (unpaired) electrons. The molecule has 0 spiro atoms. The molecular weight excluding hydrogens is 470 g/mol. The number of pyridine rings is 1. The molecule has 0 aliphatic rings. The molecule has 0 fully saturated rings. The number of carbonyl (C=O) groups is 3. The van der Waals surface area contributed by atoms with Crippen molar-refractivity contribution in [2.75, 3.05) is 31.5 Å². The van der Waals surface area contributed by atoms with E-state index in [9.17, 15) is 14.4 Å². The molecule has 3 aromatic rings. The van der Waals surface area contributed by atoms with Gasteiger partial charge in [-0.1, -0.05) is 48.5 Å². The van der Waals surface area contributed by atoms with E-state index in [2.05, 4.69) is 15.6 Å². The van der Waals surface area contributed by atoms with Crippen molar-refractivity contribution in [3.05, 3.63) is 72.4 Å². The van der Waals surface area contributed by atoms with Crippen LogP contribution in [0.5, 0.6) is 0 Å². The van der Waals surface area contributed by atoms with E-state index in [4.69, 9.17) is 17.2 Å². The number of rotatable bonds is 12. The summed E-state index contributed by atoms with van der Waals surface area (Å²) in [5, 5.41) is 6.53. The van der Waals surface area contributed by atoms with Crippen LogP contribution in [-0.4, -0.2) is 65.4 Å². The first-order valence-corrected chi connectivity index (χ1v) is 12.2. The molecule has 196 valence electrons. The standard InChI is InChI=1S/C27H35N7O3/c1-27(17-19-7-3-2-4-8-19,26(37)32-21-15-20-9-5-6-10-23(20)31-18-21)33-25(36)22(30)16-24(35)34(13-11-28)14-12-29/h2-10,15,18,22H,11-14,16-17,28-30H2,1H3,(H,32,37)(H,33,36)/t22-,27?/m0/s1. The molecule has 0 bridgehead atoms. The lowest BCUT2D eigenvalue weighted by Gasteiger charge is -2.31. The SMILES string of the molecule is CC(Cc1ccccc1)(NC(=O)[C@@H](N)CC(=O)N(CCN)CCN)C(=O)Nc1cnc2ccccc2c1. The number of anilines is 1. The maximum atomic E-state index is 13.5. The lowest BCUT2D eigenvalue weighted by molar-refractivity contribution is -0.135. The summed E-state index contributed by atoms with van der Waals surface area (Å²) in [7, 11) is 0. The van der Waals surface area contributed by atoms with Gasteiger partial charge < -0.3 is 32.7 Å². The first-order valence-electron chi connectivity index (χ1n) is 12.2. The number of nitrogens with two attached hydrogens (primary N) is 3. The average Bonchev–Trinajstić information content (AvgIpc) is 2.88. The summed E-state index contributed by atoms with van der Waals surface area (Å²) >= 11 is 0. The van der Waals surface area contributed by atoms with Crippen LogP contribution in [0.1, 0.15) is 18.9 Å². The molecule has 10 heteroatoms. The number of hydrogen-bond acceptors (Lipinski definition) is 7. The minimum absolute atomic E-state index is 0.208. The molecule has 2 aromatic carbocycles. The highest BCUT2D eigenvalue weighted by atomic mass is 16.2. The Morgan fingerprint density at radius 3 is 2.32 bits per heavy atom. The van der Waals surface area contributed by atoms with Crippen LogP contribution in [0.3, 0.4) is 0 Å². The molecular formula is C27H35N7O3. The third-order valence-corrected chi connectivity index (χ3v) is 6.03. The minimum atomic E-state index is -1.36. The fraction of sp³-hybridized carbons (Fsp3) is 0.333. The van der Waals surface area contributed by atoms with E-state index in [1.807, 2.05) is 60.7 Å². The smallest absolute Gasteiger partial charge is 0.250 e. The third-order valence-electron chi connectivity index (χ3n) is 6.03. The number of nitrogens with one attached hydrogen (secondary N) is 2. The second-order valence-electron chi connectivity index (χ2n) is 9.12. The molecule has 0 aliphatic heterocycles. The van der Waals surface area contributed by atoms with Crippen LogP contribution in [0.25, 0.3) is 10.9 Å². The largest absolute Gasteiger partial charge is 0.340 e. The Labute approximate surface area is 216 Å². The van der Waals surface area contributed by atoms with Gasteiger partial charge >= 0.3 is 0 Å². The van der Waals surface area contributed by atoms with Gasteiger partial charge in [-0.2, -0.15) is 0 Å². The van der Waals surface area contributed by atoms with Gasteiger partial charge in [-0.05, 0) is 24.6 Å². The van der Waals surface area contributed by atoms with Crippen molar-refractivity contribution in [2.24, 2.45) is 17.2 Å². The van der Waals surface area contributed by atoms with Gasteiger partial charge in [0.2, 0.25) is 17.7 Å². The van der Waals surface area contributed by atoms with Gasteiger partial charge in [0, 0.05) is 38.0 Å². The Morgan fingerprint density at radius 2 is 1.65 bits per heavy atom. The van der Waals surface area contributed by atoms with Crippen molar-refractivity contribution in [3.8, 4) is 0 Å². The zero-order valence-corrected chi connectivity index (χ0v) is 21.0. The number of aromatic nitrogens is 1. The fourth-order valence-electron chi connectivity index (χ4n) is 4.04.